The molecule has 0 saturated heterocycles. The van der Waals surface area contributed by atoms with Crippen molar-refractivity contribution in [3.63, 3.8) is 0 Å². The highest BCUT2D eigenvalue weighted by molar-refractivity contribution is 6.51. The van der Waals surface area contributed by atoms with Crippen LogP contribution in [0.25, 0.3) is 5.57 Å². The lowest BCUT2D eigenvalue weighted by molar-refractivity contribution is 0.0978. The molecule has 2 unspecified atom stereocenters. The van der Waals surface area contributed by atoms with Gasteiger partial charge >= 0.3 is 0 Å². The third-order valence-corrected chi connectivity index (χ3v) is 8.68. The van der Waals surface area contributed by atoms with Gasteiger partial charge in [-0.25, -0.2) is 9.38 Å². The van der Waals surface area contributed by atoms with Crippen molar-refractivity contribution in [3.8, 4) is 5.75 Å². The monoisotopic (exact) mass is 583 g/mol. The number of amidine groups is 1. The Labute approximate surface area is 253 Å². The molecule has 0 aromatic heterocycles. The van der Waals surface area contributed by atoms with E-state index < -0.39 is 0 Å². The molecule has 7 nitrogen and oxygen atoms in total. The normalized spacial score (nSPS) is 19.9. The van der Waals surface area contributed by atoms with Gasteiger partial charge in [0.2, 0.25) is 0 Å². The number of benzene rings is 2. The highest BCUT2D eigenvalue weighted by atomic mass is 19.1. The largest absolute Gasteiger partial charge is 0.494 e. The molecular weight excluding hydrogens is 541 g/mol. The molecule has 1 fully saturated rings. The maximum atomic E-state index is 15.4. The third kappa shape index (κ3) is 6.12. The predicted molar refractivity (Wildman–Crippen MR) is 174 cm³/mol. The fourth-order valence-corrected chi connectivity index (χ4v) is 6.35. The first kappa shape index (κ1) is 30.6. The van der Waals surface area contributed by atoms with Gasteiger partial charge in [0.25, 0.3) is 0 Å². The highest BCUT2D eigenvalue weighted by Gasteiger charge is 2.63. The first-order chi connectivity index (χ1) is 21.0. The van der Waals surface area contributed by atoms with Gasteiger partial charge in [-0.1, -0.05) is 31.6 Å². The van der Waals surface area contributed by atoms with Crippen molar-refractivity contribution in [2.24, 2.45) is 27.1 Å². The molecule has 1 spiro atoms. The Morgan fingerprint density at radius 3 is 2.84 bits per heavy atom. The number of rotatable bonds is 15. The molecular formula is C35H42FN5O2. The number of ketones is 1. The maximum absolute atomic E-state index is 15.4. The number of hydrogen-bond acceptors (Lipinski definition) is 7. The summed E-state index contributed by atoms with van der Waals surface area (Å²) >= 11 is 0. The van der Waals surface area contributed by atoms with Crippen LogP contribution in [-0.2, 0) is 12.8 Å². The zero-order chi connectivity index (χ0) is 30.4. The van der Waals surface area contributed by atoms with Gasteiger partial charge in [-0.2, -0.15) is 0 Å². The van der Waals surface area contributed by atoms with E-state index in [9.17, 15) is 4.79 Å². The number of nitrogens with zero attached hydrogens (tertiary/aromatic N) is 2. The average molecular weight is 584 g/mol. The molecule has 8 heteroatoms. The molecule has 226 valence electrons. The first-order valence-electron chi connectivity index (χ1n) is 15.3. The van der Waals surface area contributed by atoms with E-state index in [1.54, 1.807) is 12.1 Å². The van der Waals surface area contributed by atoms with Crippen LogP contribution in [0.4, 0.5) is 10.1 Å². The van der Waals surface area contributed by atoms with Crippen molar-refractivity contribution in [3.05, 3.63) is 89.5 Å². The lowest BCUT2D eigenvalue weighted by Crippen LogP contribution is -2.30. The number of ether oxygens (including phenoxy) is 1. The number of halogens is 1. The number of aliphatic imine (C=N–C) groups is 2. The molecule has 0 bridgehead atoms. The summed E-state index contributed by atoms with van der Waals surface area (Å²) in [6.07, 6.45) is 13.0. The van der Waals surface area contributed by atoms with E-state index in [-0.39, 0.29) is 28.7 Å². The summed E-state index contributed by atoms with van der Waals surface area (Å²) in [6.45, 7) is 8.31. The summed E-state index contributed by atoms with van der Waals surface area (Å²) in [4.78, 5) is 22.7. The minimum absolute atomic E-state index is 0.184. The van der Waals surface area contributed by atoms with E-state index in [2.05, 4.69) is 30.2 Å². The van der Waals surface area contributed by atoms with E-state index >= 15 is 4.39 Å². The number of carbonyl (C=O) groups is 1. The molecule has 0 radical (unpaired) electrons. The number of unbranched alkanes of at least 4 members (excludes halogenated alkanes) is 2. The van der Waals surface area contributed by atoms with Crippen LogP contribution in [-0.4, -0.2) is 44.1 Å². The standard InChI is InChI=1S/C35H42FN5O2/c1-4-9-28-27(13-14-31(43-3)32(28)36)29-22-40-33-34(39-18-15-24-21-35(24,29)33)41-25-11-12-26(23(5-2)20-25)30(42)10-7-6-8-17-38-19-16-37/h4,11-15,18,20,22,24,38H,1,5-10,16-17,19,21,37H2,2-3H3,(H,39,41). The Balaban J connectivity index is 1.31. The van der Waals surface area contributed by atoms with Crippen LogP contribution in [0, 0.1) is 17.2 Å². The molecule has 5 rings (SSSR count). The molecule has 43 heavy (non-hydrogen) atoms. The topological polar surface area (TPSA) is 101 Å². The van der Waals surface area contributed by atoms with Crippen LogP contribution >= 0.6 is 0 Å². The number of Topliss-reactive ketones (excluding diaryl/α,β-unsaturated/α-hetero) is 1. The van der Waals surface area contributed by atoms with Gasteiger partial charge in [0.05, 0.1) is 18.2 Å². The van der Waals surface area contributed by atoms with Crippen molar-refractivity contribution < 1.29 is 13.9 Å². The smallest absolute Gasteiger partial charge is 0.169 e. The van der Waals surface area contributed by atoms with Gasteiger partial charge in [0.1, 0.15) is 0 Å². The number of allylic oxidation sites excluding steroid dienone is 3. The number of aryl methyl sites for hydroxylation is 1. The second-order valence-corrected chi connectivity index (χ2v) is 11.3. The summed E-state index contributed by atoms with van der Waals surface area (Å²) in [6, 6.07) is 9.53. The Bertz CT molecular complexity index is 1510. The molecule has 4 N–H and O–H groups in total. The fraction of sp³-hybridized carbons (Fsp3) is 0.400. The molecule has 0 amide bonds. The summed E-state index contributed by atoms with van der Waals surface area (Å²) in [5.41, 5.74) is 11.1. The van der Waals surface area contributed by atoms with Crippen molar-refractivity contribution >= 4 is 28.6 Å². The zero-order valence-corrected chi connectivity index (χ0v) is 25.2. The van der Waals surface area contributed by atoms with Crippen molar-refractivity contribution in [2.75, 3.05) is 32.1 Å². The quantitative estimate of drug-likeness (QED) is 0.131. The SMILES string of the molecule is C=CCc1c(C2=CN=C3C(Nc4ccc(C(=O)CCCCCNCCN)c(CC)c4)=NC=CC4CC234)ccc(OC)c1F. The van der Waals surface area contributed by atoms with Gasteiger partial charge in [-0.05, 0) is 85.5 Å². The van der Waals surface area contributed by atoms with Crippen molar-refractivity contribution in [1.29, 1.82) is 0 Å². The number of nitrogens with two attached hydrogens (primary N) is 1. The Hall–Kier alpha value is -3.88. The number of anilines is 1. The predicted octanol–water partition coefficient (Wildman–Crippen LogP) is 6.26. The van der Waals surface area contributed by atoms with E-state index in [0.717, 1.165) is 78.9 Å². The number of hydrogen-bond donors (Lipinski definition) is 3. The minimum atomic E-state index is -0.362. The number of nitrogens with one attached hydrogen (secondary N) is 2. The van der Waals surface area contributed by atoms with Gasteiger partial charge < -0.3 is 21.1 Å². The second-order valence-electron chi connectivity index (χ2n) is 11.3. The molecule has 3 aliphatic rings. The summed E-state index contributed by atoms with van der Waals surface area (Å²) in [5.74, 6) is 0.946. The Kier molecular flexibility index (Phi) is 9.68. The zero-order valence-electron chi connectivity index (χ0n) is 25.2. The van der Waals surface area contributed by atoms with E-state index in [0.29, 0.717) is 30.8 Å². The van der Waals surface area contributed by atoms with Crippen LogP contribution in [0.1, 0.15) is 66.1 Å². The summed E-state index contributed by atoms with van der Waals surface area (Å²) < 4.78 is 20.6. The Morgan fingerprint density at radius 2 is 2.07 bits per heavy atom. The molecule has 2 aliphatic heterocycles. The average Bonchev–Trinajstić information content (AvgIpc) is 3.64. The maximum Gasteiger partial charge on any atom is 0.169 e. The van der Waals surface area contributed by atoms with Gasteiger partial charge in [-0.3, -0.25) is 9.79 Å². The first-order valence-corrected chi connectivity index (χ1v) is 15.3. The van der Waals surface area contributed by atoms with E-state index in [4.69, 9.17) is 20.5 Å². The molecule has 2 atom stereocenters. The van der Waals surface area contributed by atoms with Gasteiger partial charge in [0.15, 0.2) is 23.2 Å². The third-order valence-electron chi connectivity index (χ3n) is 8.68. The lowest BCUT2D eigenvalue weighted by atomic mass is 9.82. The fourth-order valence-electron chi connectivity index (χ4n) is 6.35. The second kappa shape index (κ2) is 13.6. The number of carbonyl (C=O) groups excluding carboxylic acids is 1. The van der Waals surface area contributed by atoms with Crippen LogP contribution in [0.15, 0.2) is 71.4 Å². The van der Waals surface area contributed by atoms with Crippen LogP contribution in [0.3, 0.4) is 0 Å². The summed E-state index contributed by atoms with van der Waals surface area (Å²) in [7, 11) is 1.48. The lowest BCUT2D eigenvalue weighted by Gasteiger charge is -2.22. The van der Waals surface area contributed by atoms with E-state index in [1.165, 1.54) is 7.11 Å². The summed E-state index contributed by atoms with van der Waals surface area (Å²) in [5, 5.41) is 6.79. The van der Waals surface area contributed by atoms with Crippen LogP contribution in [0.5, 0.6) is 5.75 Å². The minimum Gasteiger partial charge on any atom is -0.494 e. The molecule has 1 saturated carbocycles. The van der Waals surface area contributed by atoms with Gasteiger partial charge in [-0.15, -0.1) is 6.58 Å². The molecule has 2 aromatic carbocycles. The Morgan fingerprint density at radius 1 is 1.21 bits per heavy atom. The highest BCUT2D eigenvalue weighted by Crippen LogP contribution is 2.65. The van der Waals surface area contributed by atoms with Crippen molar-refractivity contribution in [1.82, 2.24) is 5.32 Å². The van der Waals surface area contributed by atoms with Crippen molar-refractivity contribution in [2.45, 2.75) is 51.9 Å². The molecule has 2 aromatic rings. The molecule has 2 heterocycles. The van der Waals surface area contributed by atoms with E-state index in [1.807, 2.05) is 36.7 Å². The molecule has 1 aliphatic carbocycles. The van der Waals surface area contributed by atoms with Crippen LogP contribution in [0.2, 0.25) is 0 Å². The van der Waals surface area contributed by atoms with Crippen LogP contribution < -0.4 is 21.1 Å². The van der Waals surface area contributed by atoms with Gasteiger partial charge in [0, 0.05) is 48.7 Å². The number of methoxy groups -OCH3 is 1.